The second kappa shape index (κ2) is 4.41. The van der Waals surface area contributed by atoms with Crippen LogP contribution in [0.1, 0.15) is 19.4 Å². The summed E-state index contributed by atoms with van der Waals surface area (Å²) in [7, 11) is 0. The quantitative estimate of drug-likeness (QED) is 0.886. The highest BCUT2D eigenvalue weighted by Gasteiger charge is 2.17. The second-order valence-corrected chi connectivity index (χ2v) is 5.10. The van der Waals surface area contributed by atoms with Gasteiger partial charge in [-0.1, -0.05) is 19.9 Å². The number of rotatable bonds is 3. The summed E-state index contributed by atoms with van der Waals surface area (Å²) in [5, 5.41) is 9.08. The monoisotopic (exact) mass is 260 g/mol. The van der Waals surface area contributed by atoms with Crippen molar-refractivity contribution in [1.29, 1.82) is 0 Å². The highest BCUT2D eigenvalue weighted by atomic mass is 79.9. The average molecular weight is 261 g/mol. The lowest BCUT2D eigenvalue weighted by Gasteiger charge is -2.21. The molecule has 0 saturated heterocycles. The summed E-state index contributed by atoms with van der Waals surface area (Å²) in [5.74, 6) is -0.253. The first kappa shape index (κ1) is 11.7. The highest BCUT2D eigenvalue weighted by molar-refractivity contribution is 9.10. The van der Waals surface area contributed by atoms with Gasteiger partial charge in [0, 0.05) is 6.61 Å². The van der Waals surface area contributed by atoms with Crippen LogP contribution in [0, 0.1) is 11.2 Å². The van der Waals surface area contributed by atoms with Crippen molar-refractivity contribution in [2.24, 2.45) is 5.41 Å². The molecule has 14 heavy (non-hydrogen) atoms. The predicted molar refractivity (Wildman–Crippen MR) is 58.7 cm³/mol. The van der Waals surface area contributed by atoms with Crippen molar-refractivity contribution in [2.75, 3.05) is 6.61 Å². The van der Waals surface area contributed by atoms with E-state index in [9.17, 15) is 4.39 Å². The van der Waals surface area contributed by atoms with E-state index >= 15 is 0 Å². The SMILES string of the molecule is CC(C)(CO)Cc1ccc(Br)c(F)c1. The van der Waals surface area contributed by atoms with E-state index in [0.29, 0.717) is 10.9 Å². The van der Waals surface area contributed by atoms with Crippen LogP contribution < -0.4 is 0 Å². The summed E-state index contributed by atoms with van der Waals surface area (Å²) in [6, 6.07) is 5.06. The summed E-state index contributed by atoms with van der Waals surface area (Å²) in [6.45, 7) is 4.00. The average Bonchev–Trinajstić information content (AvgIpc) is 2.11. The zero-order valence-electron chi connectivity index (χ0n) is 8.35. The molecule has 78 valence electrons. The van der Waals surface area contributed by atoms with E-state index in [1.807, 2.05) is 19.9 Å². The van der Waals surface area contributed by atoms with E-state index in [2.05, 4.69) is 15.9 Å². The Morgan fingerprint density at radius 3 is 2.57 bits per heavy atom. The van der Waals surface area contributed by atoms with Gasteiger partial charge in [0.2, 0.25) is 0 Å². The van der Waals surface area contributed by atoms with Gasteiger partial charge in [0.1, 0.15) is 5.82 Å². The molecular weight excluding hydrogens is 247 g/mol. The molecule has 0 saturated carbocycles. The molecule has 0 aliphatic rings. The number of halogens is 2. The minimum atomic E-state index is -0.253. The fourth-order valence-electron chi connectivity index (χ4n) is 1.26. The van der Waals surface area contributed by atoms with Crippen molar-refractivity contribution in [3.8, 4) is 0 Å². The third-order valence-electron chi connectivity index (χ3n) is 2.09. The van der Waals surface area contributed by atoms with Crippen LogP contribution in [-0.4, -0.2) is 11.7 Å². The molecule has 0 aromatic heterocycles. The summed E-state index contributed by atoms with van der Waals surface area (Å²) in [5.41, 5.74) is 0.713. The Balaban J connectivity index is 2.83. The molecule has 0 aliphatic heterocycles. The van der Waals surface area contributed by atoms with Gasteiger partial charge in [0.05, 0.1) is 4.47 Å². The van der Waals surface area contributed by atoms with Crippen molar-refractivity contribution < 1.29 is 9.50 Å². The lowest BCUT2D eigenvalue weighted by molar-refractivity contribution is 0.159. The third-order valence-corrected chi connectivity index (χ3v) is 2.74. The molecule has 0 fully saturated rings. The molecule has 1 aromatic rings. The smallest absolute Gasteiger partial charge is 0.137 e. The topological polar surface area (TPSA) is 20.2 Å². The molecule has 0 aliphatic carbocycles. The molecule has 0 radical (unpaired) electrons. The molecular formula is C11H14BrFO. The molecule has 0 amide bonds. The van der Waals surface area contributed by atoms with Crippen molar-refractivity contribution in [3.05, 3.63) is 34.1 Å². The predicted octanol–water partition coefficient (Wildman–Crippen LogP) is 3.15. The van der Waals surface area contributed by atoms with Gasteiger partial charge < -0.3 is 5.11 Å². The van der Waals surface area contributed by atoms with Crippen molar-refractivity contribution in [2.45, 2.75) is 20.3 Å². The first-order valence-electron chi connectivity index (χ1n) is 4.49. The van der Waals surface area contributed by atoms with Crippen LogP contribution in [0.2, 0.25) is 0 Å². The Hall–Kier alpha value is -0.410. The molecule has 0 bridgehead atoms. The van der Waals surface area contributed by atoms with Crippen LogP contribution in [0.4, 0.5) is 4.39 Å². The van der Waals surface area contributed by atoms with Gasteiger partial charge in [0.15, 0.2) is 0 Å². The van der Waals surface area contributed by atoms with Gasteiger partial charge in [0.25, 0.3) is 0 Å². The minimum absolute atomic E-state index is 0.102. The number of aliphatic hydroxyl groups is 1. The fourth-order valence-corrected chi connectivity index (χ4v) is 1.50. The fraction of sp³-hybridized carbons (Fsp3) is 0.455. The van der Waals surface area contributed by atoms with Gasteiger partial charge >= 0.3 is 0 Å². The van der Waals surface area contributed by atoms with Crippen molar-refractivity contribution in [3.63, 3.8) is 0 Å². The largest absolute Gasteiger partial charge is 0.396 e. The van der Waals surface area contributed by atoms with Crippen LogP contribution in [0.5, 0.6) is 0 Å². The van der Waals surface area contributed by atoms with Crippen LogP contribution in [0.3, 0.4) is 0 Å². The maximum absolute atomic E-state index is 13.1. The van der Waals surface area contributed by atoms with Gasteiger partial charge in [-0.3, -0.25) is 0 Å². The van der Waals surface area contributed by atoms with E-state index in [1.165, 1.54) is 6.07 Å². The third kappa shape index (κ3) is 3.07. The number of hydrogen-bond acceptors (Lipinski definition) is 1. The first-order valence-corrected chi connectivity index (χ1v) is 5.29. The second-order valence-electron chi connectivity index (χ2n) is 4.25. The number of benzene rings is 1. The molecule has 3 heteroatoms. The van der Waals surface area contributed by atoms with Crippen LogP contribution >= 0.6 is 15.9 Å². The van der Waals surface area contributed by atoms with Gasteiger partial charge in [-0.25, -0.2) is 4.39 Å². The highest BCUT2D eigenvalue weighted by Crippen LogP contribution is 2.23. The normalized spacial score (nSPS) is 11.8. The summed E-state index contributed by atoms with van der Waals surface area (Å²) in [6.07, 6.45) is 0.674. The van der Waals surface area contributed by atoms with E-state index in [-0.39, 0.29) is 17.8 Å². The Morgan fingerprint density at radius 2 is 2.07 bits per heavy atom. The molecule has 1 rings (SSSR count). The van der Waals surface area contributed by atoms with Crippen LogP contribution in [-0.2, 0) is 6.42 Å². The Bertz CT molecular complexity index is 323. The van der Waals surface area contributed by atoms with E-state index in [0.717, 1.165) is 5.56 Å². The number of aliphatic hydroxyl groups excluding tert-OH is 1. The van der Waals surface area contributed by atoms with E-state index < -0.39 is 0 Å². The summed E-state index contributed by atoms with van der Waals surface area (Å²) >= 11 is 3.10. The lowest BCUT2D eigenvalue weighted by atomic mass is 9.87. The zero-order chi connectivity index (χ0) is 10.8. The van der Waals surface area contributed by atoms with Crippen molar-refractivity contribution in [1.82, 2.24) is 0 Å². The zero-order valence-corrected chi connectivity index (χ0v) is 9.94. The Labute approximate surface area is 92.1 Å². The molecule has 0 heterocycles. The van der Waals surface area contributed by atoms with Crippen LogP contribution in [0.25, 0.3) is 0 Å². The maximum atomic E-state index is 13.1. The lowest BCUT2D eigenvalue weighted by Crippen LogP contribution is -2.19. The first-order chi connectivity index (χ1) is 6.44. The van der Waals surface area contributed by atoms with Crippen molar-refractivity contribution >= 4 is 15.9 Å². The van der Waals surface area contributed by atoms with Gasteiger partial charge in [-0.2, -0.15) is 0 Å². The van der Waals surface area contributed by atoms with Crippen LogP contribution in [0.15, 0.2) is 22.7 Å². The molecule has 0 atom stereocenters. The minimum Gasteiger partial charge on any atom is -0.396 e. The van der Waals surface area contributed by atoms with E-state index in [4.69, 9.17) is 5.11 Å². The molecule has 1 aromatic carbocycles. The molecule has 0 spiro atoms. The molecule has 0 unspecified atom stereocenters. The Kier molecular flexibility index (Phi) is 3.67. The molecule has 1 nitrogen and oxygen atoms in total. The maximum Gasteiger partial charge on any atom is 0.137 e. The molecule has 1 N–H and O–H groups in total. The standard InChI is InChI=1S/C11H14BrFO/c1-11(2,7-14)6-8-3-4-9(12)10(13)5-8/h3-5,14H,6-7H2,1-2H3. The summed E-state index contributed by atoms with van der Waals surface area (Å²) < 4.78 is 13.6. The van der Waals surface area contributed by atoms with E-state index in [1.54, 1.807) is 6.07 Å². The Morgan fingerprint density at radius 1 is 1.43 bits per heavy atom. The summed E-state index contributed by atoms with van der Waals surface area (Å²) in [4.78, 5) is 0. The van der Waals surface area contributed by atoms with Gasteiger partial charge in [-0.05, 0) is 45.5 Å². The van der Waals surface area contributed by atoms with Gasteiger partial charge in [-0.15, -0.1) is 0 Å². The number of hydrogen-bond donors (Lipinski definition) is 1.